The lowest BCUT2D eigenvalue weighted by molar-refractivity contribution is -0.113. The van der Waals surface area contributed by atoms with Crippen LogP contribution in [-0.4, -0.2) is 39.1 Å². The van der Waals surface area contributed by atoms with Crippen LogP contribution < -0.4 is 5.32 Å². The number of carbonyl (C=O) groups excluding carboxylic acids is 1. The van der Waals surface area contributed by atoms with Gasteiger partial charge in [0.05, 0.1) is 18.4 Å². The lowest BCUT2D eigenvalue weighted by Crippen LogP contribution is -2.18. The molecule has 0 saturated carbocycles. The molecule has 6 nitrogen and oxygen atoms in total. The van der Waals surface area contributed by atoms with Gasteiger partial charge in [-0.15, -0.1) is 10.2 Å². The van der Waals surface area contributed by atoms with Crippen LogP contribution in [0.4, 0.5) is 10.1 Å². The van der Waals surface area contributed by atoms with Gasteiger partial charge in [0.2, 0.25) is 5.91 Å². The van der Waals surface area contributed by atoms with Crippen molar-refractivity contribution >= 4 is 23.4 Å². The first-order valence-electron chi connectivity index (χ1n) is 9.89. The van der Waals surface area contributed by atoms with Crippen LogP contribution >= 0.6 is 11.8 Å². The fourth-order valence-corrected chi connectivity index (χ4v) is 4.14. The third-order valence-electron chi connectivity index (χ3n) is 4.98. The molecule has 1 N–H and O–H groups in total. The molecule has 0 bridgehead atoms. The molecular formula is C22H23FN4O2S. The molecule has 2 aromatic carbocycles. The third kappa shape index (κ3) is 4.88. The minimum absolute atomic E-state index is 0.0837. The number of nitrogens with one attached hydrogen (secondary N) is 1. The number of anilines is 1. The van der Waals surface area contributed by atoms with Crippen molar-refractivity contribution in [3.8, 4) is 11.4 Å². The van der Waals surface area contributed by atoms with Crippen LogP contribution in [0.3, 0.4) is 0 Å². The van der Waals surface area contributed by atoms with Crippen molar-refractivity contribution in [2.75, 3.05) is 17.7 Å². The molecule has 1 saturated heterocycles. The number of thioether (sulfide) groups is 1. The van der Waals surface area contributed by atoms with Gasteiger partial charge in [-0.2, -0.15) is 0 Å². The van der Waals surface area contributed by atoms with Crippen LogP contribution in [-0.2, 0) is 16.1 Å². The normalized spacial score (nSPS) is 16.0. The number of carbonyl (C=O) groups is 1. The average molecular weight is 427 g/mol. The number of hydrogen-bond donors (Lipinski definition) is 1. The summed E-state index contributed by atoms with van der Waals surface area (Å²) in [5.74, 6) is 0.449. The van der Waals surface area contributed by atoms with Crippen LogP contribution in [0.15, 0.2) is 53.7 Å². The molecule has 0 aliphatic carbocycles. The topological polar surface area (TPSA) is 69.0 Å². The molecule has 1 aliphatic heterocycles. The van der Waals surface area contributed by atoms with E-state index in [2.05, 4.69) is 15.5 Å². The van der Waals surface area contributed by atoms with E-state index < -0.39 is 0 Å². The van der Waals surface area contributed by atoms with Crippen molar-refractivity contribution in [1.29, 1.82) is 0 Å². The summed E-state index contributed by atoms with van der Waals surface area (Å²) in [4.78, 5) is 12.5. The first-order valence-corrected chi connectivity index (χ1v) is 10.9. The second-order valence-corrected chi connectivity index (χ2v) is 8.15. The monoisotopic (exact) mass is 426 g/mol. The van der Waals surface area contributed by atoms with Crippen molar-refractivity contribution in [2.24, 2.45) is 0 Å². The number of rotatable bonds is 7. The molecule has 2 heterocycles. The van der Waals surface area contributed by atoms with E-state index in [1.807, 2.05) is 35.8 Å². The molecule has 1 unspecified atom stereocenters. The Morgan fingerprint density at radius 3 is 2.77 bits per heavy atom. The Balaban J connectivity index is 1.51. The van der Waals surface area contributed by atoms with Gasteiger partial charge in [-0.3, -0.25) is 9.36 Å². The Morgan fingerprint density at radius 1 is 1.23 bits per heavy atom. The summed E-state index contributed by atoms with van der Waals surface area (Å²) in [5, 5.41) is 12.2. The van der Waals surface area contributed by atoms with Gasteiger partial charge in [-0.1, -0.05) is 30.0 Å². The van der Waals surface area contributed by atoms with Gasteiger partial charge in [-0.05, 0) is 55.7 Å². The summed E-state index contributed by atoms with van der Waals surface area (Å²) in [6, 6.07) is 13.8. The highest BCUT2D eigenvalue weighted by Gasteiger charge is 2.22. The highest BCUT2D eigenvalue weighted by molar-refractivity contribution is 7.99. The lowest BCUT2D eigenvalue weighted by atomic mass is 10.2. The Morgan fingerprint density at radius 2 is 2.03 bits per heavy atom. The molecule has 1 amide bonds. The molecule has 1 aromatic heterocycles. The zero-order chi connectivity index (χ0) is 20.9. The Kier molecular flexibility index (Phi) is 6.44. The quantitative estimate of drug-likeness (QED) is 0.571. The van der Waals surface area contributed by atoms with Crippen molar-refractivity contribution in [3.05, 3.63) is 59.9 Å². The number of ether oxygens (including phenoxy) is 1. The Hall–Kier alpha value is -2.71. The van der Waals surface area contributed by atoms with E-state index in [-0.39, 0.29) is 23.6 Å². The van der Waals surface area contributed by atoms with Crippen LogP contribution in [0.25, 0.3) is 11.4 Å². The Bertz CT molecular complexity index is 1020. The van der Waals surface area contributed by atoms with E-state index in [1.165, 1.54) is 23.9 Å². The number of aryl methyl sites for hydroxylation is 1. The lowest BCUT2D eigenvalue weighted by Gasteiger charge is -2.15. The van der Waals surface area contributed by atoms with Crippen LogP contribution in [0.2, 0.25) is 0 Å². The number of halogens is 1. The van der Waals surface area contributed by atoms with E-state index in [0.29, 0.717) is 17.5 Å². The van der Waals surface area contributed by atoms with Crippen LogP contribution in [0.5, 0.6) is 0 Å². The zero-order valence-corrected chi connectivity index (χ0v) is 17.5. The summed E-state index contributed by atoms with van der Waals surface area (Å²) in [5.41, 5.74) is 2.59. The average Bonchev–Trinajstić information content (AvgIpc) is 3.39. The smallest absolute Gasteiger partial charge is 0.234 e. The molecular weight excluding hydrogens is 403 g/mol. The molecule has 156 valence electrons. The van der Waals surface area contributed by atoms with Gasteiger partial charge in [0.15, 0.2) is 11.0 Å². The second kappa shape index (κ2) is 9.40. The molecule has 1 atom stereocenters. The molecule has 3 aromatic rings. The number of para-hydroxylation sites is 1. The summed E-state index contributed by atoms with van der Waals surface area (Å²) < 4.78 is 21.1. The standard InChI is InChI=1S/C22H23FN4O2S/c1-15-5-2-3-7-19(15)24-20(28)14-30-22-26-25-21(16-8-10-17(23)11-9-16)27(22)13-18-6-4-12-29-18/h2-3,5,7-11,18H,4,6,12-14H2,1H3,(H,24,28). The van der Waals surface area contributed by atoms with E-state index in [0.717, 1.165) is 36.3 Å². The third-order valence-corrected chi connectivity index (χ3v) is 5.95. The largest absolute Gasteiger partial charge is 0.376 e. The molecule has 0 radical (unpaired) electrons. The van der Waals surface area contributed by atoms with E-state index in [9.17, 15) is 9.18 Å². The Labute approximate surface area is 178 Å². The van der Waals surface area contributed by atoms with Gasteiger partial charge >= 0.3 is 0 Å². The van der Waals surface area contributed by atoms with Gasteiger partial charge in [0, 0.05) is 17.9 Å². The first kappa shape index (κ1) is 20.6. The highest BCUT2D eigenvalue weighted by Crippen LogP contribution is 2.27. The van der Waals surface area contributed by atoms with Crippen molar-refractivity contribution < 1.29 is 13.9 Å². The fourth-order valence-electron chi connectivity index (χ4n) is 3.39. The van der Waals surface area contributed by atoms with Crippen LogP contribution in [0.1, 0.15) is 18.4 Å². The maximum Gasteiger partial charge on any atom is 0.234 e. The predicted molar refractivity (Wildman–Crippen MR) is 115 cm³/mol. The molecule has 30 heavy (non-hydrogen) atoms. The van der Waals surface area contributed by atoms with Gasteiger partial charge in [-0.25, -0.2) is 4.39 Å². The van der Waals surface area contributed by atoms with Crippen LogP contribution in [0, 0.1) is 12.7 Å². The van der Waals surface area contributed by atoms with Crippen molar-refractivity contribution in [1.82, 2.24) is 14.8 Å². The second-order valence-electron chi connectivity index (χ2n) is 7.21. The molecule has 0 spiro atoms. The number of aromatic nitrogens is 3. The number of hydrogen-bond acceptors (Lipinski definition) is 5. The molecule has 8 heteroatoms. The minimum Gasteiger partial charge on any atom is -0.376 e. The summed E-state index contributed by atoms with van der Waals surface area (Å²) >= 11 is 1.33. The van der Waals surface area contributed by atoms with E-state index in [1.54, 1.807) is 12.1 Å². The predicted octanol–water partition coefficient (Wildman–Crippen LogP) is 4.30. The number of amides is 1. The highest BCUT2D eigenvalue weighted by atomic mass is 32.2. The minimum atomic E-state index is -0.300. The van der Waals surface area contributed by atoms with E-state index >= 15 is 0 Å². The summed E-state index contributed by atoms with van der Waals surface area (Å²) in [7, 11) is 0. The SMILES string of the molecule is Cc1ccccc1NC(=O)CSc1nnc(-c2ccc(F)cc2)n1CC1CCCO1. The zero-order valence-electron chi connectivity index (χ0n) is 16.7. The van der Waals surface area contributed by atoms with Gasteiger partial charge < -0.3 is 10.1 Å². The summed E-state index contributed by atoms with van der Waals surface area (Å²) in [6.45, 7) is 3.30. The molecule has 4 rings (SSSR count). The van der Waals surface area contributed by atoms with Crippen molar-refractivity contribution in [2.45, 2.75) is 37.6 Å². The summed E-state index contributed by atoms with van der Waals surface area (Å²) in [6.07, 6.45) is 2.08. The van der Waals surface area contributed by atoms with Gasteiger partial charge in [0.25, 0.3) is 0 Å². The number of benzene rings is 2. The number of nitrogens with zero attached hydrogens (tertiary/aromatic N) is 3. The maximum absolute atomic E-state index is 13.3. The first-order chi connectivity index (χ1) is 14.6. The fraction of sp³-hybridized carbons (Fsp3) is 0.318. The maximum atomic E-state index is 13.3. The van der Waals surface area contributed by atoms with E-state index in [4.69, 9.17) is 4.74 Å². The van der Waals surface area contributed by atoms with Crippen molar-refractivity contribution in [3.63, 3.8) is 0 Å². The van der Waals surface area contributed by atoms with Gasteiger partial charge in [0.1, 0.15) is 5.82 Å². The molecule has 1 fully saturated rings. The molecule has 1 aliphatic rings.